The Morgan fingerprint density at radius 3 is 2.45 bits per heavy atom. The lowest BCUT2D eigenvalue weighted by Crippen LogP contribution is -2.25. The second-order valence-corrected chi connectivity index (χ2v) is 4.69. The molecule has 0 aliphatic rings. The highest BCUT2D eigenvalue weighted by Gasteiger charge is 2.22. The Kier molecular flexibility index (Phi) is 4.31. The lowest BCUT2D eigenvalue weighted by molar-refractivity contribution is 0.0602. The molecule has 2 aromatic carbocycles. The zero-order chi connectivity index (χ0) is 16.3. The van der Waals surface area contributed by atoms with Crippen LogP contribution in [0.1, 0.15) is 15.9 Å². The molecule has 0 saturated heterocycles. The van der Waals surface area contributed by atoms with Gasteiger partial charge in [0.05, 0.1) is 29.7 Å². The Bertz CT molecular complexity index is 728. The monoisotopic (exact) mass is 300 g/mol. The van der Waals surface area contributed by atoms with Gasteiger partial charge in [0.25, 0.3) is 0 Å². The number of nitrogens with two attached hydrogens (primary N) is 1. The van der Waals surface area contributed by atoms with E-state index in [9.17, 15) is 14.7 Å². The average Bonchev–Trinajstić information content (AvgIpc) is 2.48. The van der Waals surface area contributed by atoms with Gasteiger partial charge in [0.1, 0.15) is 0 Å². The number of amides is 1. The van der Waals surface area contributed by atoms with Gasteiger partial charge in [-0.15, -0.1) is 0 Å². The molecule has 0 unspecified atom stereocenters. The average molecular weight is 300 g/mol. The molecule has 114 valence electrons. The number of nitrogen functional groups attached to an aromatic ring is 1. The quantitative estimate of drug-likeness (QED) is 0.670. The molecule has 0 saturated carbocycles. The third kappa shape index (κ3) is 2.85. The third-order valence-corrected chi connectivity index (χ3v) is 3.18. The third-order valence-electron chi connectivity index (χ3n) is 3.18. The number of hydrogen-bond donors (Lipinski definition) is 2. The summed E-state index contributed by atoms with van der Waals surface area (Å²) in [6.07, 6.45) is -1.20. The molecule has 0 radical (unpaired) electrons. The molecule has 6 heteroatoms. The maximum absolute atomic E-state index is 11.7. The number of carbonyl (C=O) groups excluding carboxylic acids is 1. The van der Waals surface area contributed by atoms with Crippen LogP contribution in [0.25, 0.3) is 0 Å². The molecule has 0 aromatic heterocycles. The second-order valence-electron chi connectivity index (χ2n) is 4.69. The number of rotatable bonds is 3. The zero-order valence-electron chi connectivity index (χ0n) is 12.2. The maximum Gasteiger partial charge on any atom is 0.416 e. The van der Waals surface area contributed by atoms with Gasteiger partial charge in [-0.2, -0.15) is 0 Å². The van der Waals surface area contributed by atoms with Crippen molar-refractivity contribution in [3.63, 3.8) is 0 Å². The Morgan fingerprint density at radius 1 is 1.18 bits per heavy atom. The van der Waals surface area contributed by atoms with Gasteiger partial charge in [-0.3, -0.25) is 0 Å². The molecule has 0 heterocycles. The fraction of sp³-hybridized carbons (Fsp3) is 0.125. The normalized spacial score (nSPS) is 10.1. The van der Waals surface area contributed by atoms with Crippen LogP contribution in [0, 0.1) is 6.92 Å². The summed E-state index contributed by atoms with van der Waals surface area (Å²) in [5, 5.41) is 9.54. The van der Waals surface area contributed by atoms with Gasteiger partial charge < -0.3 is 15.6 Å². The van der Waals surface area contributed by atoms with Crippen molar-refractivity contribution >= 4 is 29.1 Å². The lowest BCUT2D eigenvalue weighted by atomic mass is 10.1. The van der Waals surface area contributed by atoms with Gasteiger partial charge in [0, 0.05) is 0 Å². The first-order valence-electron chi connectivity index (χ1n) is 6.52. The summed E-state index contributed by atoms with van der Waals surface area (Å²) in [4.78, 5) is 24.4. The van der Waals surface area contributed by atoms with E-state index in [0.29, 0.717) is 5.69 Å². The predicted octanol–water partition coefficient (Wildman–Crippen LogP) is 3.18. The Balaban J connectivity index is 2.60. The van der Waals surface area contributed by atoms with Gasteiger partial charge >= 0.3 is 12.1 Å². The molecule has 6 nitrogen and oxygen atoms in total. The van der Waals surface area contributed by atoms with Crippen LogP contribution in [-0.4, -0.2) is 24.3 Å². The van der Waals surface area contributed by atoms with Gasteiger partial charge in [-0.05, 0) is 36.8 Å². The second kappa shape index (κ2) is 6.17. The number of methoxy groups -OCH3 is 1. The summed E-state index contributed by atoms with van der Waals surface area (Å²) in [6, 6.07) is 11.6. The van der Waals surface area contributed by atoms with E-state index in [1.807, 2.05) is 13.0 Å². The zero-order valence-corrected chi connectivity index (χ0v) is 12.2. The summed E-state index contributed by atoms with van der Waals surface area (Å²) >= 11 is 0. The van der Waals surface area contributed by atoms with E-state index < -0.39 is 12.1 Å². The maximum atomic E-state index is 11.7. The van der Waals surface area contributed by atoms with Crippen LogP contribution < -0.4 is 10.6 Å². The van der Waals surface area contributed by atoms with Gasteiger partial charge in [0.2, 0.25) is 0 Å². The van der Waals surface area contributed by atoms with Crippen LogP contribution in [0.5, 0.6) is 0 Å². The number of ether oxygens (including phenoxy) is 1. The topological polar surface area (TPSA) is 92.9 Å². The fourth-order valence-electron chi connectivity index (χ4n) is 2.16. The highest BCUT2D eigenvalue weighted by molar-refractivity contribution is 6.04. The fourth-order valence-corrected chi connectivity index (χ4v) is 2.16. The van der Waals surface area contributed by atoms with Crippen LogP contribution in [0.15, 0.2) is 42.5 Å². The van der Waals surface area contributed by atoms with Crippen LogP contribution in [-0.2, 0) is 4.74 Å². The predicted molar refractivity (Wildman–Crippen MR) is 83.5 cm³/mol. The molecule has 0 bridgehead atoms. The molecule has 0 atom stereocenters. The molecular formula is C16H16N2O4. The van der Waals surface area contributed by atoms with Crippen LogP contribution >= 0.6 is 0 Å². The van der Waals surface area contributed by atoms with Gasteiger partial charge in [0.15, 0.2) is 0 Å². The van der Waals surface area contributed by atoms with Crippen molar-refractivity contribution in [3.05, 3.63) is 53.6 Å². The summed E-state index contributed by atoms with van der Waals surface area (Å²) in [6.45, 7) is 1.86. The van der Waals surface area contributed by atoms with Crippen molar-refractivity contribution in [3.8, 4) is 0 Å². The van der Waals surface area contributed by atoms with Crippen LogP contribution in [0.3, 0.4) is 0 Å². The molecule has 0 aliphatic heterocycles. The van der Waals surface area contributed by atoms with Gasteiger partial charge in [-0.25, -0.2) is 14.5 Å². The van der Waals surface area contributed by atoms with Crippen molar-refractivity contribution in [1.29, 1.82) is 0 Å². The Morgan fingerprint density at radius 2 is 1.86 bits per heavy atom. The molecule has 2 aromatic rings. The Hall–Kier alpha value is -3.02. The number of carbonyl (C=O) groups is 2. The minimum absolute atomic E-state index is 0.0539. The summed E-state index contributed by atoms with van der Waals surface area (Å²) < 4.78 is 4.65. The lowest BCUT2D eigenvalue weighted by Gasteiger charge is -2.22. The minimum Gasteiger partial charge on any atom is -0.465 e. The van der Waals surface area contributed by atoms with Crippen LogP contribution in [0.4, 0.5) is 21.9 Å². The van der Waals surface area contributed by atoms with Crippen molar-refractivity contribution in [1.82, 2.24) is 0 Å². The highest BCUT2D eigenvalue weighted by atomic mass is 16.5. The number of anilines is 3. The molecule has 2 rings (SSSR count). The molecule has 22 heavy (non-hydrogen) atoms. The standard InChI is InChI=1S/C16H16N2O4/c1-10-5-3-6-11(9-10)18(16(20)21)13-8-4-7-12(14(13)17)15(19)22-2/h3-9H,17H2,1-2H3,(H,20,21). The number of benzene rings is 2. The molecule has 0 fully saturated rings. The van der Waals surface area contributed by atoms with E-state index >= 15 is 0 Å². The molecule has 0 aliphatic carbocycles. The Labute approximate surface area is 127 Å². The SMILES string of the molecule is COC(=O)c1cccc(N(C(=O)O)c2cccc(C)c2)c1N. The van der Waals surface area contributed by atoms with E-state index in [0.717, 1.165) is 10.5 Å². The summed E-state index contributed by atoms with van der Waals surface area (Å²) in [7, 11) is 1.24. The first-order chi connectivity index (χ1) is 10.5. The van der Waals surface area contributed by atoms with Crippen molar-refractivity contribution < 1.29 is 19.4 Å². The summed E-state index contributed by atoms with van der Waals surface area (Å²) in [5.41, 5.74) is 7.71. The number of hydrogen-bond acceptors (Lipinski definition) is 4. The van der Waals surface area contributed by atoms with Crippen molar-refractivity contribution in [2.75, 3.05) is 17.7 Å². The number of esters is 1. The van der Waals surface area contributed by atoms with E-state index in [2.05, 4.69) is 4.74 Å². The van der Waals surface area contributed by atoms with E-state index in [4.69, 9.17) is 5.73 Å². The van der Waals surface area contributed by atoms with Crippen molar-refractivity contribution in [2.24, 2.45) is 0 Å². The van der Waals surface area contributed by atoms with Crippen molar-refractivity contribution in [2.45, 2.75) is 6.92 Å². The minimum atomic E-state index is -1.20. The summed E-state index contributed by atoms with van der Waals surface area (Å²) in [5.74, 6) is -0.617. The largest absolute Gasteiger partial charge is 0.465 e. The molecule has 3 N–H and O–H groups in total. The van der Waals surface area contributed by atoms with E-state index in [1.165, 1.54) is 19.2 Å². The first kappa shape index (κ1) is 15.4. The number of nitrogens with zero attached hydrogens (tertiary/aromatic N) is 1. The molecular weight excluding hydrogens is 284 g/mol. The number of carboxylic acid groups (broad SMARTS) is 1. The number of para-hydroxylation sites is 1. The first-order valence-corrected chi connectivity index (χ1v) is 6.52. The highest BCUT2D eigenvalue weighted by Crippen LogP contribution is 2.33. The van der Waals surface area contributed by atoms with E-state index in [1.54, 1.807) is 24.3 Å². The van der Waals surface area contributed by atoms with Crippen LogP contribution in [0.2, 0.25) is 0 Å². The van der Waals surface area contributed by atoms with E-state index in [-0.39, 0.29) is 16.9 Å². The molecule has 0 spiro atoms. The smallest absolute Gasteiger partial charge is 0.416 e. The molecule has 1 amide bonds. The van der Waals surface area contributed by atoms with Gasteiger partial charge in [-0.1, -0.05) is 18.2 Å². The number of aryl methyl sites for hydroxylation is 1.